The van der Waals surface area contributed by atoms with Crippen molar-refractivity contribution in [2.45, 2.75) is 69.5 Å². The van der Waals surface area contributed by atoms with Crippen LogP contribution in [-0.4, -0.2) is 54.2 Å². The smallest absolute Gasteiger partial charge is 0.129 e. The van der Waals surface area contributed by atoms with E-state index in [0.717, 1.165) is 45.6 Å². The molecule has 0 aliphatic carbocycles. The van der Waals surface area contributed by atoms with E-state index in [1.165, 1.54) is 0 Å². The standard InChI is InChI=1S/C17H35N3O2S2/c1-14(21)8-6-7-9-22-15-10-18-12-16(2,3)23-20-24-17(4,5)13-19-11-15/h15,18-20H,6-13H2,1-5H3. The third-order valence-electron chi connectivity index (χ3n) is 3.76. The first-order valence-electron chi connectivity index (χ1n) is 8.84. The summed E-state index contributed by atoms with van der Waals surface area (Å²) >= 11 is 3.55. The van der Waals surface area contributed by atoms with Crippen LogP contribution in [0, 0.1) is 0 Å². The van der Waals surface area contributed by atoms with E-state index >= 15 is 0 Å². The molecule has 0 saturated carbocycles. The first-order chi connectivity index (χ1) is 11.2. The van der Waals surface area contributed by atoms with Gasteiger partial charge in [-0.25, -0.2) is 4.13 Å². The lowest BCUT2D eigenvalue weighted by Crippen LogP contribution is -2.45. The molecule has 0 atom stereocenters. The normalized spacial score (nSPS) is 23.2. The molecule has 1 aliphatic rings. The molecule has 1 rings (SSSR count). The molecule has 0 radical (unpaired) electrons. The van der Waals surface area contributed by atoms with Crippen molar-refractivity contribution in [2.75, 3.05) is 32.8 Å². The highest BCUT2D eigenvalue weighted by Gasteiger charge is 2.24. The summed E-state index contributed by atoms with van der Waals surface area (Å²) in [5.74, 6) is 0.261. The molecule has 0 spiro atoms. The summed E-state index contributed by atoms with van der Waals surface area (Å²) < 4.78 is 9.74. The summed E-state index contributed by atoms with van der Waals surface area (Å²) in [5.41, 5.74) is 0. The Kier molecular flexibility index (Phi) is 10.2. The number of ether oxygens (including phenoxy) is 1. The van der Waals surface area contributed by atoms with Gasteiger partial charge in [-0.2, -0.15) is 0 Å². The van der Waals surface area contributed by atoms with Crippen molar-refractivity contribution in [1.29, 1.82) is 0 Å². The number of carbonyl (C=O) groups excluding carboxylic acids is 1. The molecule has 7 heteroatoms. The Balaban J connectivity index is 2.44. The van der Waals surface area contributed by atoms with Gasteiger partial charge in [-0.05, 0) is 47.5 Å². The van der Waals surface area contributed by atoms with Crippen LogP contribution < -0.4 is 14.8 Å². The largest absolute Gasteiger partial charge is 0.376 e. The zero-order valence-corrected chi connectivity index (χ0v) is 17.5. The highest BCUT2D eigenvalue weighted by molar-refractivity contribution is 8.13. The van der Waals surface area contributed by atoms with E-state index < -0.39 is 0 Å². The fraction of sp³-hybridized carbons (Fsp3) is 0.941. The van der Waals surface area contributed by atoms with Crippen LogP contribution in [-0.2, 0) is 9.53 Å². The highest BCUT2D eigenvalue weighted by Crippen LogP contribution is 2.28. The van der Waals surface area contributed by atoms with Crippen LogP contribution in [0.3, 0.4) is 0 Å². The van der Waals surface area contributed by atoms with Crippen LogP contribution in [0.1, 0.15) is 53.9 Å². The Bertz CT molecular complexity index is 357. The van der Waals surface area contributed by atoms with Crippen LogP contribution in [0.5, 0.6) is 0 Å². The lowest BCUT2D eigenvalue weighted by molar-refractivity contribution is -0.117. The average Bonchev–Trinajstić information content (AvgIpc) is 2.44. The van der Waals surface area contributed by atoms with Crippen molar-refractivity contribution in [3.63, 3.8) is 0 Å². The van der Waals surface area contributed by atoms with Crippen LogP contribution in [0.15, 0.2) is 0 Å². The summed E-state index contributed by atoms with van der Waals surface area (Å²) in [4.78, 5) is 11.0. The Morgan fingerprint density at radius 1 is 1.04 bits per heavy atom. The van der Waals surface area contributed by atoms with Crippen LogP contribution in [0.2, 0.25) is 0 Å². The molecule has 1 fully saturated rings. The van der Waals surface area contributed by atoms with Crippen molar-refractivity contribution in [2.24, 2.45) is 0 Å². The fourth-order valence-electron chi connectivity index (χ4n) is 2.30. The van der Waals surface area contributed by atoms with Gasteiger partial charge in [0.05, 0.1) is 6.10 Å². The summed E-state index contributed by atoms with van der Waals surface area (Å²) in [6.07, 6.45) is 2.69. The molecule has 0 aromatic heterocycles. The molecule has 0 aromatic rings. The van der Waals surface area contributed by atoms with Gasteiger partial charge in [-0.15, -0.1) is 0 Å². The van der Waals surface area contributed by atoms with Gasteiger partial charge in [-0.1, -0.05) is 23.9 Å². The van der Waals surface area contributed by atoms with Gasteiger partial charge in [0, 0.05) is 48.7 Å². The minimum Gasteiger partial charge on any atom is -0.376 e. The van der Waals surface area contributed by atoms with E-state index in [-0.39, 0.29) is 21.4 Å². The number of hydrogen-bond donors (Lipinski definition) is 3. The maximum absolute atomic E-state index is 11.0. The Morgan fingerprint density at radius 2 is 1.58 bits per heavy atom. The number of nitrogens with one attached hydrogen (secondary N) is 3. The van der Waals surface area contributed by atoms with Crippen LogP contribution in [0.4, 0.5) is 0 Å². The summed E-state index contributed by atoms with van der Waals surface area (Å²) in [5, 5.41) is 7.07. The molecule has 1 heterocycles. The molecule has 0 aromatic carbocycles. The van der Waals surface area contributed by atoms with Crippen LogP contribution >= 0.6 is 23.9 Å². The van der Waals surface area contributed by atoms with Gasteiger partial charge >= 0.3 is 0 Å². The summed E-state index contributed by atoms with van der Waals surface area (Å²) in [6, 6.07) is 0. The molecular formula is C17H35N3O2S2. The zero-order valence-electron chi connectivity index (χ0n) is 15.9. The molecular weight excluding hydrogens is 342 g/mol. The van der Waals surface area contributed by atoms with Gasteiger partial charge in [0.15, 0.2) is 0 Å². The van der Waals surface area contributed by atoms with Gasteiger partial charge in [0.1, 0.15) is 5.78 Å². The van der Waals surface area contributed by atoms with Gasteiger partial charge in [-0.3, -0.25) is 0 Å². The first kappa shape index (κ1) is 22.3. The third-order valence-corrected chi connectivity index (χ3v) is 5.82. The van der Waals surface area contributed by atoms with E-state index in [9.17, 15) is 4.79 Å². The third kappa shape index (κ3) is 10.9. The lowest BCUT2D eigenvalue weighted by atomic mass is 10.2. The van der Waals surface area contributed by atoms with E-state index in [1.807, 2.05) is 0 Å². The predicted octanol–water partition coefficient (Wildman–Crippen LogP) is 2.77. The van der Waals surface area contributed by atoms with Gasteiger partial charge < -0.3 is 20.2 Å². The highest BCUT2D eigenvalue weighted by atomic mass is 32.2. The Morgan fingerprint density at radius 3 is 2.08 bits per heavy atom. The zero-order chi connectivity index (χ0) is 18.1. The minimum absolute atomic E-state index is 0.127. The Labute approximate surface area is 156 Å². The van der Waals surface area contributed by atoms with E-state index in [0.29, 0.717) is 6.42 Å². The number of rotatable bonds is 6. The summed E-state index contributed by atoms with van der Waals surface area (Å²) in [7, 11) is 0. The maximum atomic E-state index is 11.0. The molecule has 3 N–H and O–H groups in total. The van der Waals surface area contributed by atoms with E-state index in [2.05, 4.69) is 42.5 Å². The molecule has 142 valence electrons. The quantitative estimate of drug-likeness (QED) is 0.486. The maximum Gasteiger partial charge on any atom is 0.129 e. The number of carbonyl (C=O) groups is 1. The summed E-state index contributed by atoms with van der Waals surface area (Å²) in [6.45, 7) is 14.9. The topological polar surface area (TPSA) is 62.4 Å². The lowest BCUT2D eigenvalue weighted by Gasteiger charge is -2.31. The van der Waals surface area contributed by atoms with Crippen molar-refractivity contribution < 1.29 is 9.53 Å². The second kappa shape index (κ2) is 11.0. The number of hydrogen-bond acceptors (Lipinski definition) is 7. The van der Waals surface area contributed by atoms with Gasteiger partial charge in [0.2, 0.25) is 0 Å². The predicted molar refractivity (Wildman–Crippen MR) is 106 cm³/mol. The van der Waals surface area contributed by atoms with Crippen LogP contribution in [0.25, 0.3) is 0 Å². The van der Waals surface area contributed by atoms with Crippen molar-refractivity contribution in [1.82, 2.24) is 14.8 Å². The number of Topliss-reactive ketones (excluding diaryl/α,β-unsaturated/α-hetero) is 1. The minimum atomic E-state index is 0.127. The van der Waals surface area contributed by atoms with Crippen molar-refractivity contribution in [3.05, 3.63) is 0 Å². The first-order valence-corrected chi connectivity index (χ1v) is 10.5. The Hall–Kier alpha value is 0.210. The van der Waals surface area contributed by atoms with E-state index in [4.69, 9.17) is 4.74 Å². The fourth-order valence-corrected chi connectivity index (χ4v) is 4.62. The SMILES string of the molecule is CC(=O)CCCCOC1CNCC(C)(C)SNSC(C)(C)CNC1. The molecule has 5 nitrogen and oxygen atoms in total. The average molecular weight is 378 g/mol. The molecule has 24 heavy (non-hydrogen) atoms. The van der Waals surface area contributed by atoms with Gasteiger partial charge in [0.25, 0.3) is 0 Å². The molecule has 0 bridgehead atoms. The second-order valence-corrected chi connectivity index (χ2v) is 11.0. The molecule has 0 amide bonds. The molecule has 0 unspecified atom stereocenters. The number of ketones is 1. The molecule has 1 aliphatic heterocycles. The second-order valence-electron chi connectivity index (χ2n) is 7.72. The van der Waals surface area contributed by atoms with Crippen molar-refractivity contribution in [3.8, 4) is 0 Å². The monoisotopic (exact) mass is 377 g/mol. The molecule has 1 saturated heterocycles. The van der Waals surface area contributed by atoms with E-state index in [1.54, 1.807) is 30.8 Å². The number of unbranched alkanes of at least 4 members (excludes halogenated alkanes) is 1. The van der Waals surface area contributed by atoms with Crippen molar-refractivity contribution >= 4 is 29.7 Å².